The number of nitro groups is 1. The second-order valence-corrected chi connectivity index (χ2v) is 5.99. The molecule has 0 atom stereocenters. The summed E-state index contributed by atoms with van der Waals surface area (Å²) in [6.45, 7) is 5.37. The van der Waals surface area contributed by atoms with Crippen LogP contribution in [0.5, 0.6) is 0 Å². The highest BCUT2D eigenvalue weighted by Crippen LogP contribution is 2.22. The van der Waals surface area contributed by atoms with E-state index in [4.69, 9.17) is 0 Å². The molecule has 0 unspecified atom stereocenters. The lowest BCUT2D eigenvalue weighted by atomic mass is 10.2. The molecule has 0 aromatic carbocycles. The van der Waals surface area contributed by atoms with Crippen molar-refractivity contribution >= 4 is 17.4 Å². The van der Waals surface area contributed by atoms with Crippen LogP contribution < -0.4 is 4.90 Å². The zero-order valence-electron chi connectivity index (χ0n) is 13.9. The van der Waals surface area contributed by atoms with Crippen molar-refractivity contribution in [3.05, 3.63) is 27.9 Å². The fourth-order valence-corrected chi connectivity index (χ4v) is 2.59. The molecule has 23 heavy (non-hydrogen) atoms. The molecule has 8 heteroatoms. The first-order valence-electron chi connectivity index (χ1n) is 7.67. The first-order chi connectivity index (χ1) is 10.9. The summed E-state index contributed by atoms with van der Waals surface area (Å²) in [7, 11) is 3.52. The average molecular weight is 321 g/mol. The predicted octanol–water partition coefficient (Wildman–Crippen LogP) is 0.899. The van der Waals surface area contributed by atoms with Crippen LogP contribution in [0.3, 0.4) is 0 Å². The molecule has 1 aromatic rings. The van der Waals surface area contributed by atoms with Gasteiger partial charge in [0, 0.05) is 45.8 Å². The van der Waals surface area contributed by atoms with Gasteiger partial charge in [0.15, 0.2) is 0 Å². The van der Waals surface area contributed by atoms with Gasteiger partial charge in [-0.25, -0.2) is 4.98 Å². The molecule has 8 nitrogen and oxygen atoms in total. The Labute approximate surface area is 135 Å². The molecule has 0 radical (unpaired) electrons. The number of aromatic nitrogens is 1. The molecular weight excluding hydrogens is 298 g/mol. The number of amides is 1. The minimum atomic E-state index is -0.414. The number of carbonyl (C=O) groups is 1. The maximum absolute atomic E-state index is 11.8. The first-order valence-corrected chi connectivity index (χ1v) is 7.67. The summed E-state index contributed by atoms with van der Waals surface area (Å²) in [4.78, 5) is 32.4. The Hall–Kier alpha value is -2.22. The molecule has 1 saturated heterocycles. The monoisotopic (exact) mass is 321 g/mol. The predicted molar refractivity (Wildman–Crippen MR) is 87.6 cm³/mol. The molecule has 1 aliphatic rings. The second kappa shape index (κ2) is 7.36. The Bertz CT molecular complexity index is 590. The molecule has 2 rings (SSSR count). The van der Waals surface area contributed by atoms with Crippen molar-refractivity contribution < 1.29 is 9.72 Å². The molecule has 1 aromatic heterocycles. The molecule has 1 aliphatic heterocycles. The van der Waals surface area contributed by atoms with Crippen LogP contribution in [-0.2, 0) is 4.79 Å². The highest BCUT2D eigenvalue weighted by molar-refractivity contribution is 5.77. The van der Waals surface area contributed by atoms with Gasteiger partial charge in [-0.15, -0.1) is 0 Å². The molecule has 0 aliphatic carbocycles. The van der Waals surface area contributed by atoms with Crippen molar-refractivity contribution in [3.63, 3.8) is 0 Å². The third-order valence-corrected chi connectivity index (χ3v) is 4.04. The minimum Gasteiger partial charge on any atom is -0.355 e. The molecule has 126 valence electrons. The third-order valence-electron chi connectivity index (χ3n) is 4.04. The lowest BCUT2D eigenvalue weighted by molar-refractivity contribution is -0.385. The Kier molecular flexibility index (Phi) is 5.49. The van der Waals surface area contributed by atoms with Gasteiger partial charge in [0.05, 0.1) is 11.5 Å². The van der Waals surface area contributed by atoms with Crippen LogP contribution >= 0.6 is 0 Å². The first kappa shape index (κ1) is 17.1. The van der Waals surface area contributed by atoms with E-state index in [1.807, 2.05) is 0 Å². The van der Waals surface area contributed by atoms with Crippen LogP contribution in [0, 0.1) is 17.0 Å². The highest BCUT2D eigenvalue weighted by atomic mass is 16.6. The third kappa shape index (κ3) is 4.38. The SMILES string of the molecule is Cc1cc(N2CCCN(CC(=O)N(C)C)CC2)ncc1[N+](=O)[O-]. The topological polar surface area (TPSA) is 82.8 Å². The van der Waals surface area contributed by atoms with Gasteiger partial charge in [-0.2, -0.15) is 0 Å². The number of likely N-dealkylation sites (N-methyl/N-ethyl adjacent to an activating group) is 1. The Morgan fingerprint density at radius 1 is 1.35 bits per heavy atom. The number of aryl methyl sites for hydroxylation is 1. The van der Waals surface area contributed by atoms with Gasteiger partial charge >= 0.3 is 0 Å². The molecule has 1 fully saturated rings. The Morgan fingerprint density at radius 3 is 2.70 bits per heavy atom. The van der Waals surface area contributed by atoms with Crippen molar-refractivity contribution in [2.24, 2.45) is 0 Å². The summed E-state index contributed by atoms with van der Waals surface area (Å²) in [5, 5.41) is 10.9. The van der Waals surface area contributed by atoms with Crippen LogP contribution in [0.2, 0.25) is 0 Å². The highest BCUT2D eigenvalue weighted by Gasteiger charge is 2.20. The van der Waals surface area contributed by atoms with E-state index in [2.05, 4.69) is 14.8 Å². The number of rotatable bonds is 4. The van der Waals surface area contributed by atoms with Crippen LogP contribution in [0.25, 0.3) is 0 Å². The largest absolute Gasteiger partial charge is 0.355 e. The zero-order valence-corrected chi connectivity index (χ0v) is 13.9. The molecule has 0 spiro atoms. The summed E-state index contributed by atoms with van der Waals surface area (Å²) in [5.41, 5.74) is 0.658. The van der Waals surface area contributed by atoms with Crippen LogP contribution in [-0.4, -0.2) is 72.4 Å². The van der Waals surface area contributed by atoms with Gasteiger partial charge in [-0.3, -0.25) is 19.8 Å². The van der Waals surface area contributed by atoms with Gasteiger partial charge in [0.25, 0.3) is 5.69 Å². The molecule has 0 bridgehead atoms. The van der Waals surface area contributed by atoms with Crippen molar-refractivity contribution in [2.45, 2.75) is 13.3 Å². The maximum atomic E-state index is 11.8. The van der Waals surface area contributed by atoms with E-state index >= 15 is 0 Å². The number of hydrogen-bond acceptors (Lipinski definition) is 6. The fourth-order valence-electron chi connectivity index (χ4n) is 2.59. The van der Waals surface area contributed by atoms with Crippen molar-refractivity contribution in [2.75, 3.05) is 51.7 Å². The number of nitrogens with zero attached hydrogens (tertiary/aromatic N) is 5. The van der Waals surface area contributed by atoms with E-state index in [0.29, 0.717) is 12.1 Å². The van der Waals surface area contributed by atoms with Gasteiger partial charge in [0.2, 0.25) is 5.91 Å². The fraction of sp³-hybridized carbons (Fsp3) is 0.600. The van der Waals surface area contributed by atoms with Crippen LogP contribution in [0.4, 0.5) is 11.5 Å². The molecule has 2 heterocycles. The summed E-state index contributed by atoms with van der Waals surface area (Å²) >= 11 is 0. The normalized spacial score (nSPS) is 16.0. The minimum absolute atomic E-state index is 0.0433. The van der Waals surface area contributed by atoms with Gasteiger partial charge in [-0.1, -0.05) is 0 Å². The average Bonchev–Trinajstić information content (AvgIpc) is 2.72. The van der Waals surface area contributed by atoms with Crippen molar-refractivity contribution in [1.82, 2.24) is 14.8 Å². The van der Waals surface area contributed by atoms with Crippen molar-refractivity contribution in [3.8, 4) is 0 Å². The lowest BCUT2D eigenvalue weighted by Gasteiger charge is -2.23. The van der Waals surface area contributed by atoms with Gasteiger partial charge in [-0.05, 0) is 19.4 Å². The number of pyridine rings is 1. The number of anilines is 1. The summed E-state index contributed by atoms with van der Waals surface area (Å²) in [5.74, 6) is 0.858. The van der Waals surface area contributed by atoms with Crippen LogP contribution in [0.1, 0.15) is 12.0 Å². The summed E-state index contributed by atoms with van der Waals surface area (Å²) < 4.78 is 0. The van der Waals surface area contributed by atoms with Crippen molar-refractivity contribution in [1.29, 1.82) is 0 Å². The number of hydrogen-bond donors (Lipinski definition) is 0. The number of carbonyl (C=O) groups excluding carboxylic acids is 1. The van der Waals surface area contributed by atoms with Gasteiger partial charge < -0.3 is 9.80 Å². The van der Waals surface area contributed by atoms with E-state index in [1.165, 1.54) is 6.20 Å². The molecule has 1 amide bonds. The van der Waals surface area contributed by atoms with Gasteiger partial charge in [0.1, 0.15) is 12.0 Å². The zero-order chi connectivity index (χ0) is 17.0. The molecular formula is C15H23N5O3. The van der Waals surface area contributed by atoms with E-state index in [1.54, 1.807) is 32.0 Å². The Balaban J connectivity index is 2.02. The lowest BCUT2D eigenvalue weighted by Crippen LogP contribution is -2.38. The van der Waals surface area contributed by atoms with E-state index in [9.17, 15) is 14.9 Å². The van der Waals surface area contributed by atoms with E-state index in [0.717, 1.165) is 38.4 Å². The van der Waals surface area contributed by atoms with Crippen LogP contribution in [0.15, 0.2) is 12.3 Å². The summed E-state index contributed by atoms with van der Waals surface area (Å²) in [6, 6.07) is 1.76. The molecule has 0 saturated carbocycles. The molecule has 0 N–H and O–H groups in total. The second-order valence-electron chi connectivity index (χ2n) is 5.99. The smallest absolute Gasteiger partial charge is 0.290 e. The quantitative estimate of drug-likeness (QED) is 0.605. The standard InChI is InChI=1S/C15H23N5O3/c1-12-9-14(16-10-13(12)20(22)23)19-6-4-5-18(7-8-19)11-15(21)17(2)3/h9-10H,4-8,11H2,1-3H3. The van der Waals surface area contributed by atoms with E-state index < -0.39 is 4.92 Å². The summed E-state index contributed by atoms with van der Waals surface area (Å²) in [6.07, 6.45) is 2.25. The maximum Gasteiger partial charge on any atom is 0.290 e. The van der Waals surface area contributed by atoms with E-state index in [-0.39, 0.29) is 11.6 Å². The Morgan fingerprint density at radius 2 is 2.09 bits per heavy atom.